The zero-order valence-corrected chi connectivity index (χ0v) is 43.8. The van der Waals surface area contributed by atoms with Crippen LogP contribution in [0.5, 0.6) is 0 Å². The van der Waals surface area contributed by atoms with Crippen LogP contribution in [0.2, 0.25) is 0 Å². The highest BCUT2D eigenvalue weighted by atomic mass is 16.3. The summed E-state index contributed by atoms with van der Waals surface area (Å²) in [6.45, 7) is 10.8. The highest BCUT2D eigenvalue weighted by Gasteiger charge is 2.35. The van der Waals surface area contributed by atoms with E-state index in [4.69, 9.17) is 22.9 Å². The van der Waals surface area contributed by atoms with Crippen LogP contribution in [-0.2, 0) is 49.6 Å². The van der Waals surface area contributed by atoms with E-state index in [9.17, 15) is 48.3 Å². The van der Waals surface area contributed by atoms with Gasteiger partial charge in [-0.2, -0.15) is 0 Å². The fraction of sp³-hybridized carbons (Fsp3) is 0.700. The fourth-order valence-electron chi connectivity index (χ4n) is 8.10. The first-order valence-corrected chi connectivity index (χ1v) is 25.9. The van der Waals surface area contributed by atoms with Crippen LogP contribution in [0.4, 0.5) is 0 Å². The van der Waals surface area contributed by atoms with Gasteiger partial charge in [-0.05, 0) is 107 Å². The number of hydrogen-bond donors (Lipinski definition) is 14. The first-order valence-electron chi connectivity index (χ1n) is 25.9. The third-order valence-corrected chi connectivity index (χ3v) is 12.4. The van der Waals surface area contributed by atoms with Crippen LogP contribution in [-0.4, -0.2) is 145 Å². The number of carbonyl (C=O) groups excluding carboxylic acids is 9. The second-order valence-electron chi connectivity index (χ2n) is 19.8. The first-order chi connectivity index (χ1) is 34.7. The molecule has 10 atom stereocenters. The lowest BCUT2D eigenvalue weighted by molar-refractivity contribution is -0.136. The molecular weight excluding hydrogens is 943 g/mol. The number of amides is 9. The van der Waals surface area contributed by atoms with Crippen LogP contribution in [0, 0.1) is 17.8 Å². The van der Waals surface area contributed by atoms with E-state index in [0.717, 1.165) is 6.42 Å². The molecule has 23 nitrogen and oxygen atoms in total. The van der Waals surface area contributed by atoms with E-state index in [1.807, 2.05) is 41.5 Å². The molecular formula is C50H87N13O10. The molecule has 0 bridgehead atoms. The molecule has 9 amide bonds. The van der Waals surface area contributed by atoms with E-state index in [1.54, 1.807) is 30.3 Å². The Hall–Kier alpha value is -5.75. The van der Waals surface area contributed by atoms with Crippen molar-refractivity contribution >= 4 is 53.2 Å². The summed E-state index contributed by atoms with van der Waals surface area (Å²) in [5, 5.41) is 34.7. The molecule has 1 aromatic carbocycles. The second-order valence-corrected chi connectivity index (χ2v) is 19.8. The van der Waals surface area contributed by atoms with Crippen molar-refractivity contribution in [3.05, 3.63) is 35.9 Å². The molecule has 1 heterocycles. The Balaban J connectivity index is 2.69. The predicted molar refractivity (Wildman–Crippen MR) is 276 cm³/mol. The molecule has 0 spiro atoms. The Bertz CT molecular complexity index is 1930. The summed E-state index contributed by atoms with van der Waals surface area (Å²) in [6, 6.07) is -1.56. The van der Waals surface area contributed by atoms with Crippen molar-refractivity contribution in [2.75, 3.05) is 32.7 Å². The Kier molecular flexibility index (Phi) is 29.4. The minimum atomic E-state index is -1.46. The van der Waals surface area contributed by atoms with Crippen molar-refractivity contribution in [1.29, 1.82) is 0 Å². The van der Waals surface area contributed by atoms with Gasteiger partial charge in [0.25, 0.3) is 0 Å². The average molecular weight is 1030 g/mol. The van der Waals surface area contributed by atoms with Crippen LogP contribution < -0.4 is 70.8 Å². The first kappa shape index (κ1) is 63.4. The minimum absolute atomic E-state index is 0.0373. The van der Waals surface area contributed by atoms with Gasteiger partial charge in [0.15, 0.2) is 0 Å². The summed E-state index contributed by atoms with van der Waals surface area (Å²) in [5.74, 6) is -6.77. The van der Waals surface area contributed by atoms with E-state index in [2.05, 4.69) is 47.9 Å². The lowest BCUT2D eigenvalue weighted by Crippen LogP contribution is -2.61. The van der Waals surface area contributed by atoms with Gasteiger partial charge in [0.05, 0.1) is 12.5 Å². The number of hydrogen-bond acceptors (Lipinski definition) is 14. The Labute approximate surface area is 430 Å². The second kappa shape index (κ2) is 33.9. The summed E-state index contributed by atoms with van der Waals surface area (Å²) >= 11 is 0. The lowest BCUT2D eigenvalue weighted by atomic mass is 9.99. The summed E-state index contributed by atoms with van der Waals surface area (Å²) in [5.41, 5.74) is 24.2. The Morgan fingerprint density at radius 2 is 1.05 bits per heavy atom. The average Bonchev–Trinajstić information content (AvgIpc) is 3.33. The Morgan fingerprint density at radius 3 is 1.53 bits per heavy atom. The molecule has 0 aromatic heterocycles. The van der Waals surface area contributed by atoms with Gasteiger partial charge in [0, 0.05) is 13.0 Å². The normalized spacial score (nSPS) is 23.6. The fourth-order valence-corrected chi connectivity index (χ4v) is 8.10. The van der Waals surface area contributed by atoms with E-state index >= 15 is 0 Å². The van der Waals surface area contributed by atoms with Crippen LogP contribution in [0.15, 0.2) is 30.3 Å². The van der Waals surface area contributed by atoms with Gasteiger partial charge in [0.2, 0.25) is 53.2 Å². The third-order valence-electron chi connectivity index (χ3n) is 12.4. The van der Waals surface area contributed by atoms with Crippen molar-refractivity contribution in [2.45, 2.75) is 173 Å². The minimum Gasteiger partial charge on any atom is -0.393 e. The molecule has 18 N–H and O–H groups in total. The molecule has 1 aliphatic rings. The predicted octanol–water partition coefficient (Wildman–Crippen LogP) is -2.31. The monoisotopic (exact) mass is 1030 g/mol. The van der Waals surface area contributed by atoms with Gasteiger partial charge >= 0.3 is 0 Å². The summed E-state index contributed by atoms with van der Waals surface area (Å²) in [6.07, 6.45) is 0.359. The van der Waals surface area contributed by atoms with Crippen LogP contribution >= 0.6 is 0 Å². The van der Waals surface area contributed by atoms with Gasteiger partial charge in [-0.15, -0.1) is 0 Å². The van der Waals surface area contributed by atoms with E-state index in [-0.39, 0.29) is 102 Å². The van der Waals surface area contributed by atoms with E-state index < -0.39 is 108 Å². The van der Waals surface area contributed by atoms with Gasteiger partial charge in [0.1, 0.15) is 48.3 Å². The van der Waals surface area contributed by atoms with Crippen molar-refractivity contribution < 1.29 is 48.3 Å². The van der Waals surface area contributed by atoms with Crippen molar-refractivity contribution in [2.24, 2.45) is 40.7 Å². The van der Waals surface area contributed by atoms with Crippen LogP contribution in [0.3, 0.4) is 0 Å². The molecule has 1 saturated heterocycles. The summed E-state index contributed by atoms with van der Waals surface area (Å²) < 4.78 is 0. The molecule has 1 fully saturated rings. The molecule has 5 unspecified atom stereocenters. The van der Waals surface area contributed by atoms with Gasteiger partial charge in [-0.3, -0.25) is 43.2 Å². The van der Waals surface area contributed by atoms with Gasteiger partial charge < -0.3 is 75.9 Å². The lowest BCUT2D eigenvalue weighted by Gasteiger charge is -2.28. The standard InChI is InChI=1S/C50H87N13O10/c1-7-31(6)13-14-33(64)28-42(65)56-34(15-20-51)44(67)60-38-19-24-55-43(66)39(25-29(2)3)61-46(69)36(17-22-53)57-45(68)35(16-21-52)59-50(73)41(27-32-11-9-8-10-12-32)63-49(72)40(26-30(4)5)62-47(70)37(18-23-54)58-48(38)71/h8-12,29-31,33-41,64H,7,13-28,51-54H2,1-6H3,(H,55,66)(H,56,65)(H,57,68)(H,58,71)(H,59,73)(H,60,67)(H,61,69)(H,62,70)(H,63,72)/t31?,33?,34-,35+,36+,37?,38?,39?,40+,41-/m1/s1. The largest absolute Gasteiger partial charge is 0.393 e. The summed E-state index contributed by atoms with van der Waals surface area (Å²) in [4.78, 5) is 126. The number of carbonyl (C=O) groups is 9. The molecule has 23 heteroatoms. The van der Waals surface area contributed by atoms with Crippen molar-refractivity contribution in [1.82, 2.24) is 47.9 Å². The van der Waals surface area contributed by atoms with E-state index in [0.29, 0.717) is 24.3 Å². The highest BCUT2D eigenvalue weighted by Crippen LogP contribution is 2.14. The van der Waals surface area contributed by atoms with Gasteiger partial charge in [-0.25, -0.2) is 0 Å². The van der Waals surface area contributed by atoms with Crippen molar-refractivity contribution in [3.63, 3.8) is 0 Å². The van der Waals surface area contributed by atoms with Gasteiger partial charge in [-0.1, -0.05) is 78.3 Å². The SMILES string of the molecule is CCC(C)CCC(O)CC(=O)N[C@H](CCN)C(=O)NC1CCNC(=O)C(CC(C)C)NC(=O)[C@H](CCN)NC(=O)[C@H](CCN)NC(=O)[C@@H](Cc2ccccc2)NC(=O)[C@H](CC(C)C)NC(=O)C(CCN)NC1=O. The number of rotatable bonds is 23. The molecule has 0 aliphatic carbocycles. The maximum absolute atomic E-state index is 14.3. The van der Waals surface area contributed by atoms with Crippen molar-refractivity contribution in [3.8, 4) is 0 Å². The molecule has 0 saturated carbocycles. The topological polar surface area (TPSA) is 386 Å². The maximum atomic E-state index is 14.3. The highest BCUT2D eigenvalue weighted by molar-refractivity contribution is 5.98. The quantitative estimate of drug-likeness (QED) is 0.0548. The molecule has 2 rings (SSSR count). The molecule has 73 heavy (non-hydrogen) atoms. The Morgan fingerprint density at radius 1 is 0.603 bits per heavy atom. The molecule has 1 aliphatic heterocycles. The molecule has 1 aromatic rings. The van der Waals surface area contributed by atoms with Crippen LogP contribution in [0.25, 0.3) is 0 Å². The molecule has 412 valence electrons. The van der Waals surface area contributed by atoms with E-state index in [1.165, 1.54) is 0 Å². The number of aliphatic hydroxyl groups excluding tert-OH is 1. The van der Waals surface area contributed by atoms with Crippen LogP contribution in [0.1, 0.15) is 118 Å². The number of benzene rings is 1. The number of aliphatic hydroxyl groups is 1. The zero-order chi connectivity index (χ0) is 54.6. The smallest absolute Gasteiger partial charge is 0.243 e. The zero-order valence-electron chi connectivity index (χ0n) is 43.8. The molecule has 0 radical (unpaired) electrons. The maximum Gasteiger partial charge on any atom is 0.243 e. The number of nitrogens with two attached hydrogens (primary N) is 4. The third kappa shape index (κ3) is 23.8. The summed E-state index contributed by atoms with van der Waals surface area (Å²) in [7, 11) is 0. The number of nitrogens with one attached hydrogen (secondary N) is 9.